The molecule has 1 aromatic heterocycles. The Bertz CT molecular complexity index is 972. The van der Waals surface area contributed by atoms with Gasteiger partial charge >= 0.3 is 10.4 Å². The minimum absolute atomic E-state index is 0.178. The minimum atomic E-state index is -4.67. The first-order chi connectivity index (χ1) is 13.7. The lowest BCUT2D eigenvalue weighted by atomic mass is 9.73. The van der Waals surface area contributed by atoms with Crippen molar-refractivity contribution in [2.24, 2.45) is 11.8 Å². The van der Waals surface area contributed by atoms with Gasteiger partial charge in [-0.1, -0.05) is 6.08 Å². The summed E-state index contributed by atoms with van der Waals surface area (Å²) < 4.78 is 36.9. The predicted molar refractivity (Wildman–Crippen MR) is 109 cm³/mol. The molecule has 3 aliphatic rings. The maximum atomic E-state index is 11.2. The van der Waals surface area contributed by atoms with Crippen LogP contribution in [0.15, 0.2) is 43.1 Å². The van der Waals surface area contributed by atoms with Crippen molar-refractivity contribution in [3.63, 3.8) is 0 Å². The molecule has 0 aliphatic carbocycles. The lowest BCUT2D eigenvalue weighted by Gasteiger charge is -2.50. The summed E-state index contributed by atoms with van der Waals surface area (Å²) in [5, 5.41) is 12.1. The molecule has 3 unspecified atom stereocenters. The Balaban J connectivity index is 0.000000431. The summed E-state index contributed by atoms with van der Waals surface area (Å²) in [5.41, 5.74) is 1.85. The molecule has 5 atom stereocenters. The highest BCUT2D eigenvalue weighted by Crippen LogP contribution is 2.42. The van der Waals surface area contributed by atoms with Gasteiger partial charge in [-0.05, 0) is 61.1 Å². The van der Waals surface area contributed by atoms with Crippen LogP contribution in [-0.4, -0.2) is 58.8 Å². The molecule has 0 saturated carbocycles. The van der Waals surface area contributed by atoms with Gasteiger partial charge in [0.2, 0.25) is 0 Å². The van der Waals surface area contributed by atoms with Gasteiger partial charge < -0.3 is 9.84 Å². The van der Waals surface area contributed by atoms with Gasteiger partial charge in [0.1, 0.15) is 5.75 Å². The number of aliphatic hydroxyl groups is 1. The molecule has 8 nitrogen and oxygen atoms in total. The number of pyridine rings is 1. The van der Waals surface area contributed by atoms with Gasteiger partial charge in [0.15, 0.2) is 0 Å². The standard InChI is InChI=1S/C20H24N2O2.H2O4S/c1-3-13-12-22-9-7-14(13)10-19(22)20(23)16-6-8-21-18-5-4-15(24-2)11-17(16)18;1-5(2,3)4/h3-6,8,11,13-14,19-20,23H,1,7,9-10,12H2,2H3;(H2,1,2,3,4)/t13-,14?,19+,20?;/m1./s1. The van der Waals surface area contributed by atoms with Gasteiger partial charge in [0, 0.05) is 24.2 Å². The number of rotatable bonds is 4. The number of fused-ring (bicyclic) bond motifs is 4. The summed E-state index contributed by atoms with van der Waals surface area (Å²) in [6.07, 6.45) is 5.62. The zero-order valence-electron chi connectivity index (χ0n) is 16.2. The summed E-state index contributed by atoms with van der Waals surface area (Å²) in [6, 6.07) is 7.96. The van der Waals surface area contributed by atoms with E-state index in [0.717, 1.165) is 41.7 Å². The van der Waals surface area contributed by atoms with E-state index >= 15 is 0 Å². The fraction of sp³-hybridized carbons (Fsp3) is 0.450. The van der Waals surface area contributed by atoms with Crippen molar-refractivity contribution in [2.45, 2.75) is 25.0 Å². The van der Waals surface area contributed by atoms with Gasteiger partial charge in [-0.25, -0.2) is 0 Å². The van der Waals surface area contributed by atoms with Crippen molar-refractivity contribution in [1.29, 1.82) is 0 Å². The van der Waals surface area contributed by atoms with Crippen LogP contribution in [0.4, 0.5) is 0 Å². The van der Waals surface area contributed by atoms with E-state index in [4.69, 9.17) is 22.3 Å². The van der Waals surface area contributed by atoms with Crippen LogP contribution in [-0.2, 0) is 10.4 Å². The summed E-state index contributed by atoms with van der Waals surface area (Å²) in [7, 11) is -3.01. The van der Waals surface area contributed by atoms with Crippen LogP contribution in [0.1, 0.15) is 24.5 Å². The predicted octanol–water partition coefficient (Wildman–Crippen LogP) is 2.52. The molecular formula is C20H26N2O6S. The van der Waals surface area contributed by atoms with Gasteiger partial charge in [0.25, 0.3) is 0 Å². The molecule has 9 heteroatoms. The molecule has 5 rings (SSSR count). The molecular weight excluding hydrogens is 396 g/mol. The lowest BCUT2D eigenvalue weighted by molar-refractivity contribution is -0.0444. The Morgan fingerprint density at radius 1 is 1.34 bits per heavy atom. The van der Waals surface area contributed by atoms with E-state index in [1.54, 1.807) is 13.3 Å². The van der Waals surface area contributed by atoms with Crippen molar-refractivity contribution < 1.29 is 27.4 Å². The normalized spacial score (nSPS) is 27.0. The molecule has 158 valence electrons. The van der Waals surface area contributed by atoms with E-state index in [-0.39, 0.29) is 6.04 Å². The quantitative estimate of drug-likeness (QED) is 0.508. The Morgan fingerprint density at radius 2 is 2.07 bits per heavy atom. The minimum Gasteiger partial charge on any atom is -0.497 e. The van der Waals surface area contributed by atoms with Gasteiger partial charge in [-0.2, -0.15) is 8.42 Å². The molecule has 0 spiro atoms. The fourth-order valence-corrected chi connectivity index (χ4v) is 4.44. The number of nitrogens with zero attached hydrogens (tertiary/aromatic N) is 2. The smallest absolute Gasteiger partial charge is 0.394 e. The maximum Gasteiger partial charge on any atom is 0.394 e. The van der Waals surface area contributed by atoms with E-state index in [0.29, 0.717) is 11.8 Å². The molecule has 0 radical (unpaired) electrons. The Morgan fingerprint density at radius 3 is 2.66 bits per heavy atom. The Hall–Kier alpha value is -2.04. The summed E-state index contributed by atoms with van der Waals surface area (Å²) in [6.45, 7) is 6.07. The second-order valence-electron chi connectivity index (χ2n) is 7.42. The van der Waals surface area contributed by atoms with Crippen LogP contribution in [0.5, 0.6) is 5.75 Å². The van der Waals surface area contributed by atoms with E-state index in [9.17, 15) is 5.11 Å². The number of aromatic nitrogens is 1. The van der Waals surface area contributed by atoms with Crippen LogP contribution >= 0.6 is 0 Å². The van der Waals surface area contributed by atoms with Crippen molar-refractivity contribution in [3.05, 3.63) is 48.7 Å². The lowest BCUT2D eigenvalue weighted by Crippen LogP contribution is -2.54. The molecule has 4 heterocycles. The zero-order chi connectivity index (χ0) is 21.2. The first-order valence-corrected chi connectivity index (χ1v) is 10.8. The molecule has 3 saturated heterocycles. The molecule has 2 aromatic rings. The van der Waals surface area contributed by atoms with E-state index in [2.05, 4.69) is 22.5 Å². The Kier molecular flexibility index (Phi) is 6.55. The number of aliphatic hydroxyl groups excluding tert-OH is 1. The average Bonchev–Trinajstić information content (AvgIpc) is 2.71. The first kappa shape index (κ1) is 21.7. The molecule has 29 heavy (non-hydrogen) atoms. The van der Waals surface area contributed by atoms with Crippen molar-refractivity contribution in [1.82, 2.24) is 9.88 Å². The first-order valence-electron chi connectivity index (χ1n) is 9.38. The van der Waals surface area contributed by atoms with Gasteiger partial charge in [-0.15, -0.1) is 6.58 Å². The Labute approximate surface area is 170 Å². The summed E-state index contributed by atoms with van der Waals surface area (Å²) >= 11 is 0. The highest BCUT2D eigenvalue weighted by Gasteiger charge is 2.42. The maximum absolute atomic E-state index is 11.2. The van der Waals surface area contributed by atoms with Crippen molar-refractivity contribution >= 4 is 21.3 Å². The van der Waals surface area contributed by atoms with Crippen LogP contribution in [0.3, 0.4) is 0 Å². The SMILES string of the molecule is C=C[C@@H]1CN2CCC1C[C@H]2C(O)c1ccnc2ccc(OC)cc12.O=S(=O)(O)O. The zero-order valence-corrected chi connectivity index (χ0v) is 17.0. The third-order valence-corrected chi connectivity index (χ3v) is 5.82. The van der Waals surface area contributed by atoms with Crippen molar-refractivity contribution in [2.75, 3.05) is 20.2 Å². The largest absolute Gasteiger partial charge is 0.497 e. The third kappa shape index (κ3) is 5.12. The number of piperidine rings is 3. The highest BCUT2D eigenvalue weighted by atomic mass is 32.3. The summed E-state index contributed by atoms with van der Waals surface area (Å²) in [4.78, 5) is 6.86. The summed E-state index contributed by atoms with van der Waals surface area (Å²) in [5.74, 6) is 2.01. The van der Waals surface area contributed by atoms with Gasteiger partial charge in [0.05, 0.1) is 18.7 Å². The number of ether oxygens (including phenoxy) is 1. The molecule has 3 fully saturated rings. The fourth-order valence-electron chi connectivity index (χ4n) is 4.44. The number of methoxy groups -OCH3 is 1. The van der Waals surface area contributed by atoms with E-state index in [1.165, 1.54) is 6.42 Å². The second-order valence-corrected chi connectivity index (χ2v) is 8.32. The third-order valence-electron chi connectivity index (χ3n) is 5.82. The van der Waals surface area contributed by atoms with E-state index < -0.39 is 16.5 Å². The van der Waals surface area contributed by atoms with Crippen molar-refractivity contribution in [3.8, 4) is 5.75 Å². The van der Waals surface area contributed by atoms with E-state index in [1.807, 2.05) is 24.3 Å². The molecule has 3 N–H and O–H groups in total. The second kappa shape index (κ2) is 8.76. The van der Waals surface area contributed by atoms with Gasteiger partial charge in [-0.3, -0.25) is 19.0 Å². The highest BCUT2D eigenvalue weighted by molar-refractivity contribution is 7.79. The molecule has 1 aromatic carbocycles. The average molecular weight is 423 g/mol. The van der Waals surface area contributed by atoms with Crippen LogP contribution in [0.25, 0.3) is 10.9 Å². The monoisotopic (exact) mass is 422 g/mol. The number of hydrogen-bond donors (Lipinski definition) is 3. The molecule has 2 bridgehead atoms. The van der Waals surface area contributed by atoms with Crippen LogP contribution < -0.4 is 4.74 Å². The number of benzene rings is 1. The van der Waals surface area contributed by atoms with Crippen LogP contribution in [0, 0.1) is 11.8 Å². The topological polar surface area (TPSA) is 120 Å². The van der Waals surface area contributed by atoms with Crippen LogP contribution in [0.2, 0.25) is 0 Å². The number of hydrogen-bond acceptors (Lipinski definition) is 6. The molecule has 3 aliphatic heterocycles. The molecule has 0 amide bonds.